The molecule has 0 saturated carbocycles. The average molecular weight is 239 g/mol. The average Bonchev–Trinajstić information content (AvgIpc) is 2.70. The second-order valence-corrected chi connectivity index (χ2v) is 4.11. The Morgan fingerprint density at radius 1 is 1.47 bits per heavy atom. The van der Waals surface area contributed by atoms with Crippen LogP contribution in [0.3, 0.4) is 0 Å². The highest BCUT2D eigenvalue weighted by Gasteiger charge is 2.26. The molecule has 6 heteroatoms. The van der Waals surface area contributed by atoms with E-state index in [1.807, 2.05) is 13.8 Å². The Balaban J connectivity index is 2.78. The molecule has 94 valence electrons. The normalized spacial score (nSPS) is 12.3. The number of carbonyl (C=O) groups is 2. The molecule has 1 aromatic heterocycles. The molecule has 0 saturated heterocycles. The molecule has 0 aliphatic rings. The fraction of sp³-hybridized carbons (Fsp3) is 0.545. The van der Waals surface area contributed by atoms with Crippen LogP contribution in [0.25, 0.3) is 0 Å². The van der Waals surface area contributed by atoms with Gasteiger partial charge in [0.1, 0.15) is 11.7 Å². The van der Waals surface area contributed by atoms with Gasteiger partial charge in [-0.05, 0) is 5.92 Å². The van der Waals surface area contributed by atoms with Crippen molar-refractivity contribution in [2.24, 2.45) is 13.0 Å². The van der Waals surface area contributed by atoms with Crippen LogP contribution in [-0.4, -0.2) is 34.6 Å². The minimum atomic E-state index is -0.651. The van der Waals surface area contributed by atoms with Gasteiger partial charge in [-0.15, -0.1) is 0 Å². The standard InChI is InChI=1S/C11H17N3O3/c1-7(2)9(11(16)17-4)13-10(15)8-5-12-6-14(8)3/h5-7,9H,1-4H3,(H,13,15). The number of amides is 1. The van der Waals surface area contributed by atoms with Gasteiger partial charge >= 0.3 is 5.97 Å². The summed E-state index contributed by atoms with van der Waals surface area (Å²) in [6.07, 6.45) is 2.97. The zero-order valence-electron chi connectivity index (χ0n) is 10.4. The van der Waals surface area contributed by atoms with E-state index in [0.29, 0.717) is 5.69 Å². The number of imidazole rings is 1. The number of hydrogen-bond donors (Lipinski definition) is 1. The second-order valence-electron chi connectivity index (χ2n) is 4.11. The molecule has 6 nitrogen and oxygen atoms in total. The molecule has 0 bridgehead atoms. The maximum atomic E-state index is 11.9. The number of nitrogens with zero attached hydrogens (tertiary/aromatic N) is 2. The SMILES string of the molecule is COC(=O)C(NC(=O)c1cncn1C)C(C)C. The first-order valence-corrected chi connectivity index (χ1v) is 5.32. The molecule has 1 rings (SSSR count). The molecular weight excluding hydrogens is 222 g/mol. The van der Waals surface area contributed by atoms with Gasteiger partial charge in [-0.1, -0.05) is 13.8 Å². The number of aromatic nitrogens is 2. The summed E-state index contributed by atoms with van der Waals surface area (Å²) in [4.78, 5) is 27.2. The van der Waals surface area contributed by atoms with Crippen molar-refractivity contribution >= 4 is 11.9 Å². The summed E-state index contributed by atoms with van der Waals surface area (Å²) in [6.45, 7) is 3.68. The molecule has 1 unspecified atom stereocenters. The highest BCUT2D eigenvalue weighted by Crippen LogP contribution is 2.05. The minimum Gasteiger partial charge on any atom is -0.467 e. The molecule has 0 radical (unpaired) electrons. The van der Waals surface area contributed by atoms with Crippen LogP contribution in [-0.2, 0) is 16.6 Å². The first kappa shape index (κ1) is 13.2. The van der Waals surface area contributed by atoms with Crippen LogP contribution in [0, 0.1) is 5.92 Å². The molecule has 1 N–H and O–H groups in total. The van der Waals surface area contributed by atoms with Crippen LogP contribution in [0.5, 0.6) is 0 Å². The van der Waals surface area contributed by atoms with Gasteiger partial charge in [-0.3, -0.25) is 4.79 Å². The Kier molecular flexibility index (Phi) is 4.25. The summed E-state index contributed by atoms with van der Waals surface area (Å²) in [7, 11) is 3.01. The van der Waals surface area contributed by atoms with Crippen molar-refractivity contribution in [3.63, 3.8) is 0 Å². The molecule has 0 fully saturated rings. The molecule has 17 heavy (non-hydrogen) atoms. The lowest BCUT2D eigenvalue weighted by Gasteiger charge is -2.19. The zero-order chi connectivity index (χ0) is 13.0. The number of nitrogens with one attached hydrogen (secondary N) is 1. The number of aryl methyl sites for hydroxylation is 1. The topological polar surface area (TPSA) is 73.2 Å². The third-order valence-electron chi connectivity index (χ3n) is 2.46. The van der Waals surface area contributed by atoms with Crippen LogP contribution >= 0.6 is 0 Å². The third-order valence-corrected chi connectivity index (χ3v) is 2.46. The van der Waals surface area contributed by atoms with Crippen molar-refractivity contribution in [2.75, 3.05) is 7.11 Å². The largest absolute Gasteiger partial charge is 0.467 e. The van der Waals surface area contributed by atoms with Gasteiger partial charge in [-0.25, -0.2) is 9.78 Å². The smallest absolute Gasteiger partial charge is 0.328 e. The Labute approximate surface area is 100.0 Å². The van der Waals surface area contributed by atoms with E-state index in [1.54, 1.807) is 11.6 Å². The molecule has 1 amide bonds. The van der Waals surface area contributed by atoms with E-state index in [9.17, 15) is 9.59 Å². The van der Waals surface area contributed by atoms with Gasteiger partial charge in [0.2, 0.25) is 0 Å². The number of carbonyl (C=O) groups excluding carboxylic acids is 2. The van der Waals surface area contributed by atoms with E-state index in [0.717, 1.165) is 0 Å². The molecule has 0 aromatic carbocycles. The Morgan fingerprint density at radius 3 is 2.53 bits per heavy atom. The van der Waals surface area contributed by atoms with Crippen LogP contribution < -0.4 is 5.32 Å². The van der Waals surface area contributed by atoms with E-state index in [2.05, 4.69) is 15.0 Å². The van der Waals surface area contributed by atoms with Gasteiger partial charge < -0.3 is 14.6 Å². The van der Waals surface area contributed by atoms with Crippen molar-refractivity contribution in [3.8, 4) is 0 Å². The van der Waals surface area contributed by atoms with E-state index in [-0.39, 0.29) is 11.8 Å². The fourth-order valence-electron chi connectivity index (χ4n) is 1.42. The van der Waals surface area contributed by atoms with Gasteiger partial charge in [-0.2, -0.15) is 0 Å². The minimum absolute atomic E-state index is 0.0420. The monoisotopic (exact) mass is 239 g/mol. The molecule has 1 aromatic rings. The summed E-state index contributed by atoms with van der Waals surface area (Å²) in [5, 5.41) is 2.64. The first-order chi connectivity index (χ1) is 7.97. The van der Waals surface area contributed by atoms with Gasteiger partial charge in [0, 0.05) is 7.05 Å². The maximum Gasteiger partial charge on any atom is 0.328 e. The van der Waals surface area contributed by atoms with Gasteiger partial charge in [0.05, 0.1) is 19.6 Å². The van der Waals surface area contributed by atoms with Crippen molar-refractivity contribution in [1.29, 1.82) is 0 Å². The molecule has 0 spiro atoms. The summed E-state index contributed by atoms with van der Waals surface area (Å²) in [6, 6.07) is -0.651. The number of ether oxygens (including phenoxy) is 1. The van der Waals surface area contributed by atoms with E-state index in [4.69, 9.17) is 0 Å². The maximum absolute atomic E-state index is 11.9. The van der Waals surface area contributed by atoms with E-state index < -0.39 is 12.0 Å². The third kappa shape index (κ3) is 3.05. The Morgan fingerprint density at radius 2 is 2.12 bits per heavy atom. The number of hydrogen-bond acceptors (Lipinski definition) is 4. The van der Waals surface area contributed by atoms with Crippen LogP contribution in [0.4, 0.5) is 0 Å². The number of esters is 1. The quantitative estimate of drug-likeness (QED) is 0.769. The van der Waals surface area contributed by atoms with Crippen molar-refractivity contribution < 1.29 is 14.3 Å². The fourth-order valence-corrected chi connectivity index (χ4v) is 1.42. The van der Waals surface area contributed by atoms with Gasteiger partial charge in [0.25, 0.3) is 5.91 Å². The first-order valence-electron chi connectivity index (χ1n) is 5.32. The number of rotatable bonds is 4. The summed E-state index contributed by atoms with van der Waals surface area (Å²) in [5.41, 5.74) is 0.402. The highest BCUT2D eigenvalue weighted by molar-refractivity contribution is 5.95. The van der Waals surface area contributed by atoms with E-state index in [1.165, 1.54) is 19.6 Å². The molecule has 0 aliphatic heterocycles. The predicted octanol–water partition coefficient (Wildman–Crippen LogP) is 0.347. The molecule has 1 heterocycles. The number of methoxy groups -OCH3 is 1. The molecular formula is C11H17N3O3. The van der Waals surface area contributed by atoms with E-state index >= 15 is 0 Å². The van der Waals surface area contributed by atoms with Crippen LogP contribution in [0.15, 0.2) is 12.5 Å². The second kappa shape index (κ2) is 5.47. The lowest BCUT2D eigenvalue weighted by Crippen LogP contribution is -2.45. The van der Waals surface area contributed by atoms with Crippen molar-refractivity contribution in [3.05, 3.63) is 18.2 Å². The summed E-state index contributed by atoms with van der Waals surface area (Å²) >= 11 is 0. The lowest BCUT2D eigenvalue weighted by molar-refractivity contribution is -0.144. The van der Waals surface area contributed by atoms with Gasteiger partial charge in [0.15, 0.2) is 0 Å². The summed E-state index contributed by atoms with van der Waals surface area (Å²) < 4.78 is 6.23. The molecule has 0 aliphatic carbocycles. The Bertz CT molecular complexity index is 412. The summed E-state index contributed by atoms with van der Waals surface area (Å²) in [5.74, 6) is -0.829. The van der Waals surface area contributed by atoms with Crippen LogP contribution in [0.2, 0.25) is 0 Å². The molecule has 1 atom stereocenters. The zero-order valence-corrected chi connectivity index (χ0v) is 10.4. The Hall–Kier alpha value is -1.85. The van der Waals surface area contributed by atoms with Crippen LogP contribution in [0.1, 0.15) is 24.3 Å². The highest BCUT2D eigenvalue weighted by atomic mass is 16.5. The van der Waals surface area contributed by atoms with Crippen molar-refractivity contribution in [2.45, 2.75) is 19.9 Å². The lowest BCUT2D eigenvalue weighted by atomic mass is 10.0. The van der Waals surface area contributed by atoms with Crippen molar-refractivity contribution in [1.82, 2.24) is 14.9 Å². The predicted molar refractivity (Wildman–Crippen MR) is 61.3 cm³/mol.